The van der Waals surface area contributed by atoms with Gasteiger partial charge in [-0.25, -0.2) is 0 Å². The molecule has 1 aliphatic heterocycles. The van der Waals surface area contributed by atoms with Crippen molar-refractivity contribution in [2.24, 2.45) is 0 Å². The van der Waals surface area contributed by atoms with Gasteiger partial charge in [-0.15, -0.1) is 0 Å². The predicted molar refractivity (Wildman–Crippen MR) is 61.2 cm³/mol. The SMILES string of the molecule is COCCN(CC1CNCCO1)C(C)C. The van der Waals surface area contributed by atoms with Crippen molar-refractivity contribution in [1.82, 2.24) is 10.2 Å². The molecule has 0 radical (unpaired) electrons. The Kier molecular flexibility index (Phi) is 6.17. The highest BCUT2D eigenvalue weighted by molar-refractivity contribution is 4.73. The Bertz CT molecular complexity index is 159. The number of hydrogen-bond donors (Lipinski definition) is 1. The maximum Gasteiger partial charge on any atom is 0.0826 e. The van der Waals surface area contributed by atoms with Crippen molar-refractivity contribution < 1.29 is 9.47 Å². The molecular weight excluding hydrogens is 192 g/mol. The summed E-state index contributed by atoms with van der Waals surface area (Å²) in [6, 6.07) is 0.547. The second kappa shape index (κ2) is 7.17. The van der Waals surface area contributed by atoms with Crippen LogP contribution in [0.4, 0.5) is 0 Å². The second-order valence-corrected chi connectivity index (χ2v) is 4.28. The molecule has 1 unspecified atom stereocenters. The van der Waals surface area contributed by atoms with Crippen LogP contribution in [0.15, 0.2) is 0 Å². The Labute approximate surface area is 92.9 Å². The summed E-state index contributed by atoms with van der Waals surface area (Å²) in [5, 5.41) is 3.35. The topological polar surface area (TPSA) is 33.7 Å². The Balaban J connectivity index is 2.28. The molecule has 0 aliphatic carbocycles. The summed E-state index contributed by atoms with van der Waals surface area (Å²) in [5.74, 6) is 0. The van der Waals surface area contributed by atoms with E-state index in [1.54, 1.807) is 7.11 Å². The second-order valence-electron chi connectivity index (χ2n) is 4.28. The van der Waals surface area contributed by atoms with E-state index >= 15 is 0 Å². The quantitative estimate of drug-likeness (QED) is 0.694. The molecule has 0 bridgehead atoms. The smallest absolute Gasteiger partial charge is 0.0826 e. The summed E-state index contributed by atoms with van der Waals surface area (Å²) in [5.41, 5.74) is 0. The van der Waals surface area contributed by atoms with Crippen LogP contribution in [0.2, 0.25) is 0 Å². The zero-order valence-corrected chi connectivity index (χ0v) is 10.2. The Morgan fingerprint density at radius 3 is 2.87 bits per heavy atom. The number of rotatable bonds is 6. The summed E-state index contributed by atoms with van der Waals surface area (Å²) >= 11 is 0. The number of ether oxygens (including phenoxy) is 2. The standard InChI is InChI=1S/C11H24N2O2/c1-10(2)13(5-7-14-3)9-11-8-12-4-6-15-11/h10-12H,4-9H2,1-3H3. The van der Waals surface area contributed by atoms with E-state index in [0.717, 1.165) is 39.4 Å². The minimum atomic E-state index is 0.331. The molecule has 1 heterocycles. The molecule has 90 valence electrons. The number of morpholine rings is 1. The van der Waals surface area contributed by atoms with Gasteiger partial charge in [-0.3, -0.25) is 4.90 Å². The van der Waals surface area contributed by atoms with Crippen molar-refractivity contribution in [3.63, 3.8) is 0 Å². The summed E-state index contributed by atoms with van der Waals surface area (Å²) < 4.78 is 10.8. The van der Waals surface area contributed by atoms with Crippen LogP contribution in [0.1, 0.15) is 13.8 Å². The van der Waals surface area contributed by atoms with Crippen molar-refractivity contribution in [2.75, 3.05) is 46.5 Å². The van der Waals surface area contributed by atoms with E-state index in [0.29, 0.717) is 12.1 Å². The molecule has 0 saturated carbocycles. The van der Waals surface area contributed by atoms with Gasteiger partial charge < -0.3 is 14.8 Å². The molecule has 0 aromatic carbocycles. The molecule has 0 aromatic heterocycles. The van der Waals surface area contributed by atoms with Crippen LogP contribution in [0.5, 0.6) is 0 Å². The van der Waals surface area contributed by atoms with Gasteiger partial charge >= 0.3 is 0 Å². The molecule has 1 fully saturated rings. The molecule has 15 heavy (non-hydrogen) atoms. The van der Waals surface area contributed by atoms with Gasteiger partial charge in [-0.2, -0.15) is 0 Å². The first-order valence-electron chi connectivity index (χ1n) is 5.79. The normalized spacial score (nSPS) is 22.6. The fourth-order valence-corrected chi connectivity index (χ4v) is 1.77. The number of nitrogens with one attached hydrogen (secondary N) is 1. The molecular formula is C11H24N2O2. The molecule has 1 atom stereocenters. The van der Waals surface area contributed by atoms with Gasteiger partial charge in [-0.05, 0) is 13.8 Å². The third-order valence-electron chi connectivity index (χ3n) is 2.76. The van der Waals surface area contributed by atoms with Crippen LogP contribution in [0.3, 0.4) is 0 Å². The molecule has 1 aliphatic rings. The summed E-state index contributed by atoms with van der Waals surface area (Å²) in [4.78, 5) is 2.40. The fraction of sp³-hybridized carbons (Fsp3) is 1.00. The van der Waals surface area contributed by atoms with Crippen LogP contribution >= 0.6 is 0 Å². The van der Waals surface area contributed by atoms with E-state index in [9.17, 15) is 0 Å². The van der Waals surface area contributed by atoms with Gasteiger partial charge in [0.05, 0.1) is 19.3 Å². The first-order chi connectivity index (χ1) is 7.24. The largest absolute Gasteiger partial charge is 0.383 e. The number of hydrogen-bond acceptors (Lipinski definition) is 4. The molecule has 1 saturated heterocycles. The zero-order chi connectivity index (χ0) is 11.1. The van der Waals surface area contributed by atoms with Crippen LogP contribution in [-0.4, -0.2) is 63.5 Å². The lowest BCUT2D eigenvalue weighted by Gasteiger charge is -2.32. The lowest BCUT2D eigenvalue weighted by molar-refractivity contribution is -0.00503. The highest BCUT2D eigenvalue weighted by Crippen LogP contribution is 2.04. The van der Waals surface area contributed by atoms with Crippen molar-refractivity contribution in [3.05, 3.63) is 0 Å². The maximum absolute atomic E-state index is 5.69. The first-order valence-corrected chi connectivity index (χ1v) is 5.79. The molecule has 1 rings (SSSR count). The monoisotopic (exact) mass is 216 g/mol. The van der Waals surface area contributed by atoms with E-state index in [-0.39, 0.29) is 0 Å². The van der Waals surface area contributed by atoms with E-state index < -0.39 is 0 Å². The van der Waals surface area contributed by atoms with E-state index in [1.165, 1.54) is 0 Å². The molecule has 4 nitrogen and oxygen atoms in total. The van der Waals surface area contributed by atoms with Gasteiger partial charge in [-0.1, -0.05) is 0 Å². The Morgan fingerprint density at radius 2 is 2.33 bits per heavy atom. The Hall–Kier alpha value is -0.160. The van der Waals surface area contributed by atoms with Gasteiger partial charge in [0.25, 0.3) is 0 Å². The molecule has 4 heteroatoms. The molecule has 0 amide bonds. The maximum atomic E-state index is 5.69. The summed E-state index contributed by atoms with van der Waals surface area (Å²) in [7, 11) is 1.75. The lowest BCUT2D eigenvalue weighted by atomic mass is 10.2. The zero-order valence-electron chi connectivity index (χ0n) is 10.2. The number of methoxy groups -OCH3 is 1. The van der Waals surface area contributed by atoms with Crippen LogP contribution in [0.25, 0.3) is 0 Å². The van der Waals surface area contributed by atoms with Gasteiger partial charge in [0.1, 0.15) is 0 Å². The van der Waals surface area contributed by atoms with E-state index in [2.05, 4.69) is 24.1 Å². The predicted octanol–water partition coefficient (Wildman–Crippen LogP) is 0.332. The average Bonchev–Trinajstić information content (AvgIpc) is 2.25. The molecule has 0 spiro atoms. The molecule has 1 N–H and O–H groups in total. The fourth-order valence-electron chi connectivity index (χ4n) is 1.77. The van der Waals surface area contributed by atoms with Crippen molar-refractivity contribution >= 4 is 0 Å². The molecule has 0 aromatic rings. The van der Waals surface area contributed by atoms with Crippen LogP contribution in [-0.2, 0) is 9.47 Å². The van der Waals surface area contributed by atoms with E-state index in [4.69, 9.17) is 9.47 Å². The van der Waals surface area contributed by atoms with Crippen molar-refractivity contribution in [3.8, 4) is 0 Å². The minimum Gasteiger partial charge on any atom is -0.383 e. The minimum absolute atomic E-state index is 0.331. The van der Waals surface area contributed by atoms with Gasteiger partial charge in [0, 0.05) is 39.3 Å². The third-order valence-corrected chi connectivity index (χ3v) is 2.76. The summed E-state index contributed by atoms with van der Waals surface area (Å²) in [6.07, 6.45) is 0.331. The first kappa shape index (κ1) is 12.9. The lowest BCUT2D eigenvalue weighted by Crippen LogP contribution is -2.47. The van der Waals surface area contributed by atoms with Gasteiger partial charge in [0.2, 0.25) is 0 Å². The third kappa shape index (κ3) is 4.93. The van der Waals surface area contributed by atoms with Crippen LogP contribution < -0.4 is 5.32 Å². The van der Waals surface area contributed by atoms with Crippen LogP contribution in [0, 0.1) is 0 Å². The highest BCUT2D eigenvalue weighted by Gasteiger charge is 2.18. The van der Waals surface area contributed by atoms with Crippen molar-refractivity contribution in [1.29, 1.82) is 0 Å². The Morgan fingerprint density at radius 1 is 1.53 bits per heavy atom. The number of nitrogens with zero attached hydrogens (tertiary/aromatic N) is 1. The average molecular weight is 216 g/mol. The van der Waals surface area contributed by atoms with E-state index in [1.807, 2.05) is 0 Å². The van der Waals surface area contributed by atoms with Crippen molar-refractivity contribution in [2.45, 2.75) is 26.0 Å². The summed E-state index contributed by atoms with van der Waals surface area (Å²) in [6.45, 7) is 9.98. The van der Waals surface area contributed by atoms with Gasteiger partial charge in [0.15, 0.2) is 0 Å². The highest BCUT2D eigenvalue weighted by atomic mass is 16.5.